The highest BCUT2D eigenvalue weighted by Gasteiger charge is 2.11. The molecule has 0 unspecified atom stereocenters. The summed E-state index contributed by atoms with van der Waals surface area (Å²) >= 11 is 0. The number of hydrogen-bond acceptors (Lipinski definition) is 2. The van der Waals surface area contributed by atoms with Gasteiger partial charge in [-0.3, -0.25) is 4.79 Å². The number of rotatable bonds is 5. The minimum atomic E-state index is -0.226. The van der Waals surface area contributed by atoms with E-state index in [0.717, 1.165) is 11.3 Å². The number of aromatic nitrogens is 1. The maximum Gasteiger partial charge on any atom is 0.273 e. The van der Waals surface area contributed by atoms with Crippen molar-refractivity contribution in [1.29, 1.82) is 0 Å². The average Bonchev–Trinajstić information content (AvgIpc) is 3.17. The largest absolute Gasteiger partial charge is 0.323 e. The van der Waals surface area contributed by atoms with Crippen molar-refractivity contribution in [3.8, 4) is 5.69 Å². The van der Waals surface area contributed by atoms with Gasteiger partial charge in [0.15, 0.2) is 0 Å². The summed E-state index contributed by atoms with van der Waals surface area (Å²) in [7, 11) is 0. The molecule has 0 saturated carbocycles. The summed E-state index contributed by atoms with van der Waals surface area (Å²) in [6, 6.07) is 21.4. The van der Waals surface area contributed by atoms with E-state index in [-0.39, 0.29) is 11.8 Å². The lowest BCUT2D eigenvalue weighted by molar-refractivity contribution is 0.0955. The molecule has 24 heavy (non-hydrogen) atoms. The average molecular weight is 317 g/mol. The molecule has 3 aromatic rings. The molecule has 1 heterocycles. The quantitative estimate of drug-likeness (QED) is 0.561. The van der Waals surface area contributed by atoms with Crippen LogP contribution in [0.4, 0.5) is 0 Å². The first-order chi connectivity index (χ1) is 11.8. The van der Waals surface area contributed by atoms with Crippen molar-refractivity contribution in [2.45, 2.75) is 12.8 Å². The number of nitrogens with zero attached hydrogens (tertiary/aromatic N) is 2. The molecule has 0 fully saturated rings. The van der Waals surface area contributed by atoms with Crippen molar-refractivity contribution in [2.24, 2.45) is 5.10 Å². The van der Waals surface area contributed by atoms with Gasteiger partial charge in [-0.25, -0.2) is 5.43 Å². The molecule has 0 aliphatic heterocycles. The van der Waals surface area contributed by atoms with E-state index in [1.807, 2.05) is 84.5 Å². The van der Waals surface area contributed by atoms with Crippen molar-refractivity contribution in [2.75, 3.05) is 0 Å². The lowest BCUT2D eigenvalue weighted by Gasteiger charge is -2.09. The Kier molecular flexibility index (Phi) is 4.87. The van der Waals surface area contributed by atoms with E-state index in [1.165, 1.54) is 0 Å². The Bertz CT molecular complexity index is 823. The van der Waals surface area contributed by atoms with Crippen LogP contribution in [-0.4, -0.2) is 16.7 Å². The van der Waals surface area contributed by atoms with Gasteiger partial charge in [0.2, 0.25) is 0 Å². The second kappa shape index (κ2) is 7.42. The lowest BCUT2D eigenvalue weighted by Crippen LogP contribution is -2.20. The maximum absolute atomic E-state index is 12.4. The summed E-state index contributed by atoms with van der Waals surface area (Å²) in [5.74, 6) is -0.0954. The molecule has 1 N–H and O–H groups in total. The van der Waals surface area contributed by atoms with Crippen LogP contribution < -0.4 is 5.43 Å². The van der Waals surface area contributed by atoms with E-state index in [2.05, 4.69) is 10.5 Å². The van der Waals surface area contributed by atoms with E-state index >= 15 is 0 Å². The second-order valence-electron chi connectivity index (χ2n) is 5.53. The van der Waals surface area contributed by atoms with E-state index in [4.69, 9.17) is 0 Å². The fourth-order valence-electron chi connectivity index (χ4n) is 2.50. The van der Waals surface area contributed by atoms with Crippen molar-refractivity contribution in [3.05, 3.63) is 90.3 Å². The van der Waals surface area contributed by atoms with Crippen LogP contribution in [-0.2, 0) is 0 Å². The molecule has 0 aliphatic rings. The molecule has 3 rings (SSSR count). The molecule has 0 spiro atoms. The SMILES string of the molecule is C[C@H](/C=N\NC(=O)c1ccccc1-n1cccc1)c1ccccc1. The summed E-state index contributed by atoms with van der Waals surface area (Å²) in [6.07, 6.45) is 5.56. The highest BCUT2D eigenvalue weighted by atomic mass is 16.2. The molecule has 0 radical (unpaired) electrons. The molecule has 1 aromatic heterocycles. The van der Waals surface area contributed by atoms with Gasteiger partial charge in [0, 0.05) is 24.5 Å². The number of hydrazone groups is 1. The summed E-state index contributed by atoms with van der Waals surface area (Å²) in [4.78, 5) is 12.4. The van der Waals surface area contributed by atoms with Crippen LogP contribution in [0, 0.1) is 0 Å². The normalized spacial score (nSPS) is 12.2. The molecule has 0 bridgehead atoms. The maximum atomic E-state index is 12.4. The minimum absolute atomic E-state index is 0.131. The number of para-hydroxylation sites is 1. The Morgan fingerprint density at radius 1 is 1.00 bits per heavy atom. The number of nitrogens with one attached hydrogen (secondary N) is 1. The van der Waals surface area contributed by atoms with Crippen LogP contribution in [0.5, 0.6) is 0 Å². The van der Waals surface area contributed by atoms with Gasteiger partial charge in [0.25, 0.3) is 5.91 Å². The predicted octanol–water partition coefficient (Wildman–Crippen LogP) is 4.00. The lowest BCUT2D eigenvalue weighted by atomic mass is 10.0. The van der Waals surface area contributed by atoms with Gasteiger partial charge >= 0.3 is 0 Å². The zero-order chi connectivity index (χ0) is 16.8. The number of hydrogen-bond donors (Lipinski definition) is 1. The van der Waals surface area contributed by atoms with Gasteiger partial charge in [-0.15, -0.1) is 0 Å². The standard InChI is InChI=1S/C20H19N3O/c1-16(17-9-3-2-4-10-17)15-21-22-20(24)18-11-5-6-12-19(18)23-13-7-8-14-23/h2-16H,1H3,(H,22,24)/b21-15-/t16-/m1/s1. The zero-order valence-electron chi connectivity index (χ0n) is 13.5. The summed E-state index contributed by atoms with van der Waals surface area (Å²) in [6.45, 7) is 2.04. The second-order valence-corrected chi connectivity index (χ2v) is 5.53. The van der Waals surface area contributed by atoms with E-state index in [1.54, 1.807) is 12.3 Å². The van der Waals surface area contributed by atoms with Gasteiger partial charge in [-0.1, -0.05) is 49.4 Å². The summed E-state index contributed by atoms with van der Waals surface area (Å²) < 4.78 is 1.91. The van der Waals surface area contributed by atoms with E-state index < -0.39 is 0 Å². The fraction of sp³-hybridized carbons (Fsp3) is 0.100. The third-order valence-corrected chi connectivity index (χ3v) is 3.82. The first-order valence-electron chi connectivity index (χ1n) is 7.86. The Balaban J connectivity index is 1.71. The monoisotopic (exact) mass is 317 g/mol. The Morgan fingerprint density at radius 3 is 2.42 bits per heavy atom. The topological polar surface area (TPSA) is 46.4 Å². The minimum Gasteiger partial charge on any atom is -0.323 e. The Morgan fingerprint density at radius 2 is 1.67 bits per heavy atom. The first kappa shape index (κ1) is 15.7. The van der Waals surface area contributed by atoms with Crippen LogP contribution >= 0.6 is 0 Å². The van der Waals surface area contributed by atoms with Gasteiger partial charge < -0.3 is 4.57 Å². The molecular weight excluding hydrogens is 298 g/mol. The zero-order valence-corrected chi connectivity index (χ0v) is 13.5. The van der Waals surface area contributed by atoms with Crippen molar-refractivity contribution < 1.29 is 4.79 Å². The molecule has 1 atom stereocenters. The molecular formula is C20H19N3O. The number of carbonyl (C=O) groups excluding carboxylic acids is 1. The molecule has 2 aromatic carbocycles. The van der Waals surface area contributed by atoms with Crippen LogP contribution in [0.1, 0.15) is 28.8 Å². The molecule has 0 saturated heterocycles. The number of benzene rings is 2. The molecule has 0 aliphatic carbocycles. The van der Waals surface area contributed by atoms with Gasteiger partial charge in [0.1, 0.15) is 0 Å². The summed E-state index contributed by atoms with van der Waals surface area (Å²) in [5, 5.41) is 4.11. The van der Waals surface area contributed by atoms with Crippen molar-refractivity contribution >= 4 is 12.1 Å². The van der Waals surface area contributed by atoms with Crippen LogP contribution in [0.25, 0.3) is 5.69 Å². The number of amides is 1. The smallest absolute Gasteiger partial charge is 0.273 e. The van der Waals surface area contributed by atoms with Gasteiger partial charge in [-0.05, 0) is 29.8 Å². The van der Waals surface area contributed by atoms with Gasteiger partial charge in [0.05, 0.1) is 11.3 Å². The molecule has 1 amide bonds. The highest BCUT2D eigenvalue weighted by molar-refractivity contribution is 5.98. The molecule has 4 nitrogen and oxygen atoms in total. The summed E-state index contributed by atoms with van der Waals surface area (Å²) in [5.41, 5.74) is 5.18. The van der Waals surface area contributed by atoms with Crippen LogP contribution in [0.15, 0.2) is 84.2 Å². The predicted molar refractivity (Wildman–Crippen MR) is 96.6 cm³/mol. The number of carbonyl (C=O) groups is 1. The van der Waals surface area contributed by atoms with E-state index in [9.17, 15) is 4.79 Å². The fourth-order valence-corrected chi connectivity index (χ4v) is 2.50. The Hall–Kier alpha value is -3.14. The third-order valence-electron chi connectivity index (χ3n) is 3.82. The molecule has 120 valence electrons. The highest BCUT2D eigenvalue weighted by Crippen LogP contribution is 2.15. The van der Waals surface area contributed by atoms with E-state index in [0.29, 0.717) is 5.56 Å². The Labute approximate surface area is 141 Å². The third kappa shape index (κ3) is 3.60. The van der Waals surface area contributed by atoms with Crippen LogP contribution in [0.2, 0.25) is 0 Å². The van der Waals surface area contributed by atoms with Crippen LogP contribution in [0.3, 0.4) is 0 Å². The van der Waals surface area contributed by atoms with Gasteiger partial charge in [-0.2, -0.15) is 5.10 Å². The first-order valence-corrected chi connectivity index (χ1v) is 7.86. The van der Waals surface area contributed by atoms with Crippen molar-refractivity contribution in [3.63, 3.8) is 0 Å². The molecule has 4 heteroatoms. The van der Waals surface area contributed by atoms with Crippen molar-refractivity contribution in [1.82, 2.24) is 9.99 Å².